The Hall–Kier alpha value is -0.810. The van der Waals surface area contributed by atoms with Crippen LogP contribution < -0.4 is 0 Å². The van der Waals surface area contributed by atoms with Crippen LogP contribution in [0, 0.1) is 0 Å². The van der Waals surface area contributed by atoms with Gasteiger partial charge in [-0.3, -0.25) is 4.79 Å². The summed E-state index contributed by atoms with van der Waals surface area (Å²) in [7, 11) is 0. The van der Waals surface area contributed by atoms with E-state index in [1.54, 1.807) is 24.3 Å². The first-order valence-corrected chi connectivity index (χ1v) is 5.03. The number of ketones is 1. The molecule has 0 aromatic heterocycles. The summed E-state index contributed by atoms with van der Waals surface area (Å²) in [4.78, 5) is 11.4. The molecule has 0 aliphatic heterocycles. The molecule has 2 nitrogen and oxygen atoms in total. The molecule has 1 rings (SSSR count). The standard InChI is InChI=1S/C10H9BrF2O2/c11-8-3-1-2-7(4-8)9(14)5-15-6-10(12)13/h1-4,10H,5-6H2. The fourth-order valence-electron chi connectivity index (χ4n) is 0.986. The average molecular weight is 279 g/mol. The predicted octanol–water partition coefficient (Wildman–Crippen LogP) is 2.91. The molecule has 0 heterocycles. The van der Waals surface area contributed by atoms with Crippen LogP contribution in [0.4, 0.5) is 8.78 Å². The number of carbonyl (C=O) groups excluding carboxylic acids is 1. The van der Waals surface area contributed by atoms with Gasteiger partial charge in [-0.25, -0.2) is 8.78 Å². The Morgan fingerprint density at radius 2 is 2.20 bits per heavy atom. The van der Waals surface area contributed by atoms with Crippen LogP contribution in [0.25, 0.3) is 0 Å². The summed E-state index contributed by atoms with van der Waals surface area (Å²) < 4.78 is 28.7. The summed E-state index contributed by atoms with van der Waals surface area (Å²) in [5, 5.41) is 0. The third-order valence-electron chi connectivity index (χ3n) is 1.62. The number of benzene rings is 1. The molecule has 0 unspecified atom stereocenters. The fourth-order valence-corrected chi connectivity index (χ4v) is 1.39. The van der Waals surface area contributed by atoms with Gasteiger partial charge >= 0.3 is 0 Å². The Balaban J connectivity index is 2.47. The van der Waals surface area contributed by atoms with E-state index in [4.69, 9.17) is 0 Å². The van der Waals surface area contributed by atoms with Crippen molar-refractivity contribution >= 4 is 21.7 Å². The zero-order valence-electron chi connectivity index (χ0n) is 7.75. The molecule has 0 saturated carbocycles. The second kappa shape index (κ2) is 5.92. The van der Waals surface area contributed by atoms with E-state index in [0.717, 1.165) is 4.47 Å². The fraction of sp³-hybridized carbons (Fsp3) is 0.300. The smallest absolute Gasteiger partial charge is 0.261 e. The summed E-state index contributed by atoms with van der Waals surface area (Å²) in [6.45, 7) is -1.03. The van der Waals surface area contributed by atoms with Gasteiger partial charge in [0.05, 0.1) is 0 Å². The zero-order chi connectivity index (χ0) is 11.3. The highest BCUT2D eigenvalue weighted by Gasteiger charge is 2.08. The summed E-state index contributed by atoms with van der Waals surface area (Å²) in [5.41, 5.74) is 0.443. The van der Waals surface area contributed by atoms with E-state index < -0.39 is 13.0 Å². The van der Waals surface area contributed by atoms with E-state index in [-0.39, 0.29) is 12.4 Å². The number of halogens is 3. The van der Waals surface area contributed by atoms with Crippen molar-refractivity contribution in [1.82, 2.24) is 0 Å². The maximum absolute atomic E-state index is 11.7. The first kappa shape index (κ1) is 12.3. The highest BCUT2D eigenvalue weighted by atomic mass is 79.9. The second-order valence-corrected chi connectivity index (χ2v) is 3.76. The first-order chi connectivity index (χ1) is 7.09. The Morgan fingerprint density at radius 3 is 2.80 bits per heavy atom. The molecule has 0 saturated heterocycles. The SMILES string of the molecule is O=C(COCC(F)F)c1cccc(Br)c1. The van der Waals surface area contributed by atoms with Crippen molar-refractivity contribution in [1.29, 1.82) is 0 Å². The van der Waals surface area contributed by atoms with Gasteiger partial charge in [0.2, 0.25) is 0 Å². The van der Waals surface area contributed by atoms with Crippen LogP contribution in [0.2, 0.25) is 0 Å². The van der Waals surface area contributed by atoms with Crippen molar-refractivity contribution in [3.63, 3.8) is 0 Å². The maximum Gasteiger partial charge on any atom is 0.261 e. The molecule has 0 aliphatic carbocycles. The van der Waals surface area contributed by atoms with Gasteiger partial charge in [0.25, 0.3) is 6.43 Å². The minimum absolute atomic E-state index is 0.308. The third-order valence-corrected chi connectivity index (χ3v) is 2.12. The normalized spacial score (nSPS) is 10.7. The van der Waals surface area contributed by atoms with Gasteiger partial charge < -0.3 is 4.74 Å². The van der Waals surface area contributed by atoms with Crippen molar-refractivity contribution < 1.29 is 18.3 Å². The second-order valence-electron chi connectivity index (χ2n) is 2.84. The zero-order valence-corrected chi connectivity index (χ0v) is 9.34. The van der Waals surface area contributed by atoms with E-state index >= 15 is 0 Å². The van der Waals surface area contributed by atoms with Crippen LogP contribution >= 0.6 is 15.9 Å². The number of hydrogen-bond acceptors (Lipinski definition) is 2. The minimum atomic E-state index is -2.54. The van der Waals surface area contributed by atoms with Crippen LogP contribution in [-0.2, 0) is 4.74 Å². The molecule has 0 amide bonds. The summed E-state index contributed by atoms with van der Waals surface area (Å²) in [6.07, 6.45) is -2.54. The topological polar surface area (TPSA) is 26.3 Å². The van der Waals surface area contributed by atoms with Gasteiger partial charge in [-0.1, -0.05) is 28.1 Å². The van der Waals surface area contributed by atoms with Crippen molar-refractivity contribution in [3.05, 3.63) is 34.3 Å². The van der Waals surface area contributed by atoms with Gasteiger partial charge in [-0.2, -0.15) is 0 Å². The predicted molar refractivity (Wildman–Crippen MR) is 55.3 cm³/mol. The molecular formula is C10H9BrF2O2. The van der Waals surface area contributed by atoms with E-state index in [1.165, 1.54) is 0 Å². The van der Waals surface area contributed by atoms with E-state index in [1.807, 2.05) is 0 Å². The number of alkyl halides is 2. The number of Topliss-reactive ketones (excluding diaryl/α,β-unsaturated/α-hetero) is 1. The van der Waals surface area contributed by atoms with Gasteiger partial charge in [0.15, 0.2) is 5.78 Å². The van der Waals surface area contributed by atoms with Crippen LogP contribution in [0.3, 0.4) is 0 Å². The Morgan fingerprint density at radius 1 is 1.47 bits per heavy atom. The average Bonchev–Trinajstić information content (AvgIpc) is 2.17. The molecule has 82 valence electrons. The summed E-state index contributed by atoms with van der Waals surface area (Å²) in [6, 6.07) is 6.70. The molecule has 0 N–H and O–H groups in total. The number of hydrogen-bond donors (Lipinski definition) is 0. The molecule has 0 fully saturated rings. The summed E-state index contributed by atoms with van der Waals surface area (Å²) >= 11 is 3.21. The van der Waals surface area contributed by atoms with E-state index in [2.05, 4.69) is 20.7 Å². The van der Waals surface area contributed by atoms with Gasteiger partial charge in [-0.05, 0) is 12.1 Å². The highest BCUT2D eigenvalue weighted by molar-refractivity contribution is 9.10. The monoisotopic (exact) mass is 278 g/mol. The molecule has 0 aliphatic rings. The highest BCUT2D eigenvalue weighted by Crippen LogP contribution is 2.12. The first-order valence-electron chi connectivity index (χ1n) is 4.24. The van der Waals surface area contributed by atoms with Crippen molar-refractivity contribution in [2.24, 2.45) is 0 Å². The lowest BCUT2D eigenvalue weighted by atomic mass is 10.1. The molecule has 0 radical (unpaired) electrons. The van der Waals surface area contributed by atoms with Crippen LogP contribution in [0.5, 0.6) is 0 Å². The molecule has 1 aromatic carbocycles. The third kappa shape index (κ3) is 4.48. The quantitative estimate of drug-likeness (QED) is 0.775. The molecule has 1 aromatic rings. The molecular weight excluding hydrogens is 270 g/mol. The molecule has 0 spiro atoms. The lowest BCUT2D eigenvalue weighted by Crippen LogP contribution is -2.13. The van der Waals surface area contributed by atoms with E-state index in [9.17, 15) is 13.6 Å². The lowest BCUT2D eigenvalue weighted by Gasteiger charge is -2.03. The largest absolute Gasteiger partial charge is 0.367 e. The van der Waals surface area contributed by atoms with Crippen molar-refractivity contribution in [2.75, 3.05) is 13.2 Å². The van der Waals surface area contributed by atoms with Crippen LogP contribution in [-0.4, -0.2) is 25.4 Å². The number of ether oxygens (including phenoxy) is 1. The maximum atomic E-state index is 11.7. The van der Waals surface area contributed by atoms with Gasteiger partial charge in [0, 0.05) is 10.0 Å². The molecule has 0 bridgehead atoms. The lowest BCUT2D eigenvalue weighted by molar-refractivity contribution is 0.0196. The number of rotatable bonds is 5. The molecule has 5 heteroatoms. The molecule has 0 atom stereocenters. The minimum Gasteiger partial charge on any atom is -0.367 e. The van der Waals surface area contributed by atoms with Crippen molar-refractivity contribution in [2.45, 2.75) is 6.43 Å². The number of carbonyl (C=O) groups is 1. The van der Waals surface area contributed by atoms with Crippen LogP contribution in [0.15, 0.2) is 28.7 Å². The summed E-state index contributed by atoms with van der Waals surface area (Å²) in [5.74, 6) is -0.308. The van der Waals surface area contributed by atoms with Gasteiger partial charge in [-0.15, -0.1) is 0 Å². The Kier molecular flexibility index (Phi) is 4.84. The Labute approximate surface area is 94.4 Å². The van der Waals surface area contributed by atoms with Gasteiger partial charge in [0.1, 0.15) is 13.2 Å². The van der Waals surface area contributed by atoms with E-state index in [0.29, 0.717) is 5.56 Å². The molecule has 15 heavy (non-hydrogen) atoms. The van der Waals surface area contributed by atoms with Crippen molar-refractivity contribution in [3.8, 4) is 0 Å². The Bertz CT molecular complexity index is 342. The van der Waals surface area contributed by atoms with Crippen LogP contribution in [0.1, 0.15) is 10.4 Å².